The van der Waals surface area contributed by atoms with Crippen LogP contribution in [-0.4, -0.2) is 13.4 Å². The van der Waals surface area contributed by atoms with Gasteiger partial charge in [0.1, 0.15) is 5.83 Å². The molecule has 0 amide bonds. The van der Waals surface area contributed by atoms with Crippen molar-refractivity contribution in [1.82, 2.24) is 5.32 Å². The number of hydrogen-bond acceptors (Lipinski definition) is 1. The SMILES string of the molecule is C=C(F)/C=C\C(NC=NC)=C(/C)CC(C)C. The highest BCUT2D eigenvalue weighted by Gasteiger charge is 2.01. The third-order valence-electron chi connectivity index (χ3n) is 1.95. The second-order valence-electron chi connectivity index (χ2n) is 4.10. The van der Waals surface area contributed by atoms with E-state index in [0.29, 0.717) is 5.92 Å². The van der Waals surface area contributed by atoms with Crippen molar-refractivity contribution in [2.24, 2.45) is 10.9 Å². The highest BCUT2D eigenvalue weighted by atomic mass is 19.1. The quantitative estimate of drug-likeness (QED) is 0.416. The molecule has 0 atom stereocenters. The predicted molar refractivity (Wildman–Crippen MR) is 69.1 cm³/mol. The maximum Gasteiger partial charge on any atom is 0.116 e. The van der Waals surface area contributed by atoms with Crippen LogP contribution in [0.5, 0.6) is 0 Å². The van der Waals surface area contributed by atoms with Crippen molar-refractivity contribution in [3.8, 4) is 0 Å². The molecule has 0 saturated heterocycles. The molecule has 90 valence electrons. The number of rotatable bonds is 6. The van der Waals surface area contributed by atoms with Crippen LogP contribution in [0, 0.1) is 5.92 Å². The highest BCUT2D eigenvalue weighted by Crippen LogP contribution is 2.14. The fourth-order valence-corrected chi connectivity index (χ4v) is 1.34. The lowest BCUT2D eigenvalue weighted by molar-refractivity contribution is 0.637. The van der Waals surface area contributed by atoms with Gasteiger partial charge in [-0.15, -0.1) is 0 Å². The van der Waals surface area contributed by atoms with E-state index in [1.807, 2.05) is 6.92 Å². The van der Waals surface area contributed by atoms with E-state index >= 15 is 0 Å². The molecule has 0 spiro atoms. The first-order valence-electron chi connectivity index (χ1n) is 5.36. The van der Waals surface area contributed by atoms with Crippen LogP contribution in [0.2, 0.25) is 0 Å². The first-order chi connectivity index (χ1) is 7.47. The molecule has 0 aromatic carbocycles. The van der Waals surface area contributed by atoms with E-state index in [-0.39, 0.29) is 0 Å². The van der Waals surface area contributed by atoms with E-state index in [0.717, 1.165) is 12.1 Å². The van der Waals surface area contributed by atoms with Gasteiger partial charge < -0.3 is 5.32 Å². The van der Waals surface area contributed by atoms with Gasteiger partial charge in [0.25, 0.3) is 0 Å². The van der Waals surface area contributed by atoms with Crippen LogP contribution in [0.1, 0.15) is 27.2 Å². The summed E-state index contributed by atoms with van der Waals surface area (Å²) in [5, 5.41) is 3.02. The van der Waals surface area contributed by atoms with Crippen LogP contribution in [-0.2, 0) is 0 Å². The molecule has 0 aromatic rings. The minimum absolute atomic E-state index is 0.454. The summed E-state index contributed by atoms with van der Waals surface area (Å²) in [6.07, 6.45) is 5.57. The van der Waals surface area contributed by atoms with Crippen LogP contribution in [0.4, 0.5) is 4.39 Å². The summed E-state index contributed by atoms with van der Waals surface area (Å²) in [5.74, 6) is 0.113. The summed E-state index contributed by atoms with van der Waals surface area (Å²) in [4.78, 5) is 3.84. The molecule has 0 radical (unpaired) electrons. The van der Waals surface area contributed by atoms with Crippen LogP contribution in [0.3, 0.4) is 0 Å². The lowest BCUT2D eigenvalue weighted by Gasteiger charge is -2.10. The molecule has 0 heterocycles. The molecule has 0 aromatic heterocycles. The van der Waals surface area contributed by atoms with Crippen LogP contribution in [0.15, 0.2) is 40.8 Å². The van der Waals surface area contributed by atoms with Gasteiger partial charge in [0.15, 0.2) is 0 Å². The van der Waals surface area contributed by atoms with Crippen molar-refractivity contribution < 1.29 is 4.39 Å². The molecule has 0 unspecified atom stereocenters. The topological polar surface area (TPSA) is 24.4 Å². The monoisotopic (exact) mass is 224 g/mol. The molecule has 2 nitrogen and oxygen atoms in total. The van der Waals surface area contributed by atoms with E-state index < -0.39 is 5.83 Å². The fourth-order valence-electron chi connectivity index (χ4n) is 1.34. The Hall–Kier alpha value is -1.38. The van der Waals surface area contributed by atoms with Crippen molar-refractivity contribution in [3.05, 3.63) is 35.8 Å². The van der Waals surface area contributed by atoms with E-state index in [2.05, 4.69) is 30.7 Å². The van der Waals surface area contributed by atoms with E-state index in [4.69, 9.17) is 0 Å². The Labute approximate surface area is 97.7 Å². The van der Waals surface area contributed by atoms with Gasteiger partial charge >= 0.3 is 0 Å². The summed E-state index contributed by atoms with van der Waals surface area (Å²) in [5.41, 5.74) is 2.05. The van der Waals surface area contributed by atoms with Crippen molar-refractivity contribution in [2.45, 2.75) is 27.2 Å². The lowest BCUT2D eigenvalue weighted by atomic mass is 10.0. The number of hydrogen-bond donors (Lipinski definition) is 1. The van der Waals surface area contributed by atoms with Gasteiger partial charge in [-0.25, -0.2) is 4.39 Å². The molecule has 0 aliphatic heterocycles. The average Bonchev–Trinajstić information content (AvgIpc) is 2.16. The maximum atomic E-state index is 12.5. The first-order valence-corrected chi connectivity index (χ1v) is 5.36. The molecule has 0 fully saturated rings. The Morgan fingerprint density at radius 2 is 2.06 bits per heavy atom. The van der Waals surface area contributed by atoms with Gasteiger partial charge in [0, 0.05) is 12.7 Å². The number of halogens is 1. The summed E-state index contributed by atoms with van der Waals surface area (Å²) >= 11 is 0. The van der Waals surface area contributed by atoms with Gasteiger partial charge in [-0.2, -0.15) is 0 Å². The average molecular weight is 224 g/mol. The Bertz CT molecular complexity index is 312. The smallest absolute Gasteiger partial charge is 0.116 e. The standard InChI is InChI=1S/C13H21FN2/c1-10(2)8-11(3)13(16-9-15-5)7-6-12(4)14/h6-7,9-10H,4,8H2,1-3,5H3,(H,15,16)/b7-6-,13-11-. The summed E-state index contributed by atoms with van der Waals surface area (Å²) in [6, 6.07) is 0. The Morgan fingerprint density at radius 1 is 1.44 bits per heavy atom. The summed E-state index contributed by atoms with van der Waals surface area (Å²) in [7, 11) is 1.68. The van der Waals surface area contributed by atoms with Gasteiger partial charge in [-0.05, 0) is 37.0 Å². The molecule has 0 bridgehead atoms. The van der Waals surface area contributed by atoms with Crippen LogP contribution in [0.25, 0.3) is 0 Å². The van der Waals surface area contributed by atoms with Crippen molar-refractivity contribution in [1.29, 1.82) is 0 Å². The summed E-state index contributed by atoms with van der Waals surface area (Å²) < 4.78 is 12.5. The molecule has 0 saturated carbocycles. The zero-order valence-electron chi connectivity index (χ0n) is 10.5. The zero-order chi connectivity index (χ0) is 12.6. The molecule has 0 aliphatic rings. The third-order valence-corrected chi connectivity index (χ3v) is 1.95. The van der Waals surface area contributed by atoms with Crippen molar-refractivity contribution in [3.63, 3.8) is 0 Å². The van der Waals surface area contributed by atoms with E-state index in [1.165, 1.54) is 11.6 Å². The minimum Gasteiger partial charge on any atom is -0.347 e. The first kappa shape index (κ1) is 14.6. The Morgan fingerprint density at radius 3 is 2.50 bits per heavy atom. The molecular weight excluding hydrogens is 203 g/mol. The number of nitrogens with zero attached hydrogens (tertiary/aromatic N) is 1. The Kier molecular flexibility index (Phi) is 7.18. The van der Waals surface area contributed by atoms with Gasteiger partial charge in [0.05, 0.1) is 6.34 Å². The van der Waals surface area contributed by atoms with Gasteiger partial charge in [-0.3, -0.25) is 4.99 Å². The second-order valence-corrected chi connectivity index (χ2v) is 4.10. The Balaban J connectivity index is 4.82. The highest BCUT2D eigenvalue weighted by molar-refractivity contribution is 5.59. The molecule has 0 rings (SSSR count). The molecule has 3 heteroatoms. The molecule has 16 heavy (non-hydrogen) atoms. The summed E-state index contributed by atoms with van der Waals surface area (Å²) in [6.45, 7) is 9.51. The minimum atomic E-state index is -0.454. The number of nitrogens with one attached hydrogen (secondary N) is 1. The van der Waals surface area contributed by atoms with Gasteiger partial charge in [0.2, 0.25) is 0 Å². The molecular formula is C13H21FN2. The van der Waals surface area contributed by atoms with E-state index in [1.54, 1.807) is 19.5 Å². The van der Waals surface area contributed by atoms with Crippen molar-refractivity contribution in [2.75, 3.05) is 7.05 Å². The fraction of sp³-hybridized carbons (Fsp3) is 0.462. The number of aliphatic imine (C=N–C) groups is 1. The van der Waals surface area contributed by atoms with Crippen LogP contribution >= 0.6 is 0 Å². The van der Waals surface area contributed by atoms with E-state index in [9.17, 15) is 4.39 Å². The molecule has 1 N–H and O–H groups in total. The number of allylic oxidation sites excluding steroid dienone is 4. The second kappa shape index (κ2) is 7.85. The zero-order valence-corrected chi connectivity index (χ0v) is 10.5. The van der Waals surface area contributed by atoms with Crippen molar-refractivity contribution >= 4 is 6.34 Å². The normalized spacial score (nSPS) is 13.6. The maximum absolute atomic E-state index is 12.5. The predicted octanol–water partition coefficient (Wildman–Crippen LogP) is 3.59. The largest absolute Gasteiger partial charge is 0.347 e. The lowest BCUT2D eigenvalue weighted by Crippen LogP contribution is -2.11. The van der Waals surface area contributed by atoms with Crippen LogP contribution < -0.4 is 5.32 Å². The molecule has 0 aliphatic carbocycles. The van der Waals surface area contributed by atoms with Gasteiger partial charge in [-0.1, -0.05) is 20.4 Å². The third kappa shape index (κ3) is 6.98.